The first kappa shape index (κ1) is 22.8. The molecule has 1 saturated carbocycles. The molecule has 1 aliphatic carbocycles. The Hall–Kier alpha value is -3.61. The summed E-state index contributed by atoms with van der Waals surface area (Å²) >= 11 is 0. The summed E-state index contributed by atoms with van der Waals surface area (Å²) in [6, 6.07) is 22.0. The summed E-state index contributed by atoms with van der Waals surface area (Å²) in [5.74, 6) is 1.09. The van der Waals surface area contributed by atoms with Crippen LogP contribution >= 0.6 is 0 Å². The summed E-state index contributed by atoms with van der Waals surface area (Å²) in [5, 5.41) is 0. The van der Waals surface area contributed by atoms with Crippen LogP contribution in [0.3, 0.4) is 0 Å². The first-order valence-corrected chi connectivity index (χ1v) is 12.4. The van der Waals surface area contributed by atoms with Crippen molar-refractivity contribution in [2.24, 2.45) is 11.8 Å². The van der Waals surface area contributed by atoms with Crippen LogP contribution in [0.1, 0.15) is 24.8 Å². The quantitative estimate of drug-likeness (QED) is 0.315. The highest BCUT2D eigenvalue weighted by Crippen LogP contribution is 2.38. The highest BCUT2D eigenvalue weighted by Gasteiger charge is 2.38. The van der Waals surface area contributed by atoms with E-state index in [2.05, 4.69) is 4.98 Å². The Morgan fingerprint density at radius 2 is 1.56 bits per heavy atom. The van der Waals surface area contributed by atoms with E-state index in [-0.39, 0.29) is 23.3 Å². The summed E-state index contributed by atoms with van der Waals surface area (Å²) in [6.07, 6.45) is -1.72. The molecule has 4 aromatic rings. The molecule has 1 aliphatic heterocycles. The largest absolute Gasteiger partial charge is 0.418 e. The van der Waals surface area contributed by atoms with Crippen molar-refractivity contribution >= 4 is 16.9 Å². The minimum atomic E-state index is -4.49. The summed E-state index contributed by atoms with van der Waals surface area (Å²) in [7, 11) is 0. The number of benzene rings is 3. The average Bonchev–Trinajstić information content (AvgIpc) is 3.53. The normalized spacial score (nSPS) is 18.2. The van der Waals surface area contributed by atoms with Crippen molar-refractivity contribution in [1.82, 2.24) is 14.5 Å². The van der Waals surface area contributed by atoms with Gasteiger partial charge in [-0.1, -0.05) is 60.7 Å². The molecule has 1 amide bonds. The number of carbonyl (C=O) groups is 1. The molecular weight excluding hydrogens is 463 g/mol. The van der Waals surface area contributed by atoms with E-state index in [1.165, 1.54) is 6.07 Å². The molecule has 0 bridgehead atoms. The van der Waals surface area contributed by atoms with Crippen LogP contribution in [0, 0.1) is 11.8 Å². The number of amides is 1. The Labute approximate surface area is 207 Å². The van der Waals surface area contributed by atoms with Crippen molar-refractivity contribution in [3.8, 4) is 22.5 Å². The van der Waals surface area contributed by atoms with Gasteiger partial charge in [0.2, 0.25) is 5.91 Å². The molecule has 4 nitrogen and oxygen atoms in total. The number of rotatable bonds is 5. The van der Waals surface area contributed by atoms with Crippen molar-refractivity contribution in [1.29, 1.82) is 0 Å². The lowest BCUT2D eigenvalue weighted by atomic mass is 10.0. The third-order valence-electron chi connectivity index (χ3n) is 7.30. The van der Waals surface area contributed by atoms with Gasteiger partial charge in [0.1, 0.15) is 11.3 Å². The molecule has 3 aromatic carbocycles. The highest BCUT2D eigenvalue weighted by atomic mass is 19.4. The van der Waals surface area contributed by atoms with Crippen LogP contribution in [0.15, 0.2) is 72.8 Å². The van der Waals surface area contributed by atoms with Gasteiger partial charge in [-0.15, -0.1) is 0 Å². The number of aromatic nitrogens is 2. The smallest absolute Gasteiger partial charge is 0.342 e. The lowest BCUT2D eigenvalue weighted by molar-refractivity contribution is -0.136. The Balaban J connectivity index is 1.38. The van der Waals surface area contributed by atoms with Gasteiger partial charge in [0.05, 0.1) is 11.1 Å². The van der Waals surface area contributed by atoms with Crippen LogP contribution < -0.4 is 0 Å². The Kier molecular flexibility index (Phi) is 5.58. The molecule has 0 radical (unpaired) electrons. The zero-order valence-electron chi connectivity index (χ0n) is 19.7. The first-order valence-electron chi connectivity index (χ1n) is 12.4. The third-order valence-corrected chi connectivity index (χ3v) is 7.30. The lowest BCUT2D eigenvalue weighted by Crippen LogP contribution is -2.30. The van der Waals surface area contributed by atoms with Gasteiger partial charge in [0, 0.05) is 31.1 Å². The summed E-state index contributed by atoms with van der Waals surface area (Å²) < 4.78 is 43.4. The first-order chi connectivity index (χ1) is 17.4. The molecule has 0 unspecified atom stereocenters. The van der Waals surface area contributed by atoms with E-state index < -0.39 is 11.7 Å². The molecule has 0 spiro atoms. The van der Waals surface area contributed by atoms with Gasteiger partial charge in [-0.25, -0.2) is 4.98 Å². The molecule has 2 heterocycles. The monoisotopic (exact) mass is 489 g/mol. The molecule has 2 fully saturated rings. The third kappa shape index (κ3) is 4.27. The second-order valence-corrected chi connectivity index (χ2v) is 9.87. The van der Waals surface area contributed by atoms with E-state index in [0.717, 1.165) is 42.0 Å². The van der Waals surface area contributed by atoms with Crippen LogP contribution in [-0.4, -0.2) is 33.4 Å². The Morgan fingerprint density at radius 1 is 0.861 bits per heavy atom. The fourth-order valence-corrected chi connectivity index (χ4v) is 5.25. The van der Waals surface area contributed by atoms with Crippen LogP contribution in [0.4, 0.5) is 13.2 Å². The Morgan fingerprint density at radius 3 is 2.25 bits per heavy atom. The molecule has 7 heteroatoms. The average molecular weight is 490 g/mol. The second-order valence-electron chi connectivity index (χ2n) is 9.87. The van der Waals surface area contributed by atoms with Crippen LogP contribution in [0.2, 0.25) is 0 Å². The minimum Gasteiger partial charge on any atom is -0.342 e. The zero-order valence-corrected chi connectivity index (χ0v) is 19.7. The van der Waals surface area contributed by atoms with Gasteiger partial charge in [0.25, 0.3) is 0 Å². The van der Waals surface area contributed by atoms with Crippen LogP contribution in [0.5, 0.6) is 0 Å². The topological polar surface area (TPSA) is 38.1 Å². The number of hydrogen-bond acceptors (Lipinski definition) is 2. The maximum Gasteiger partial charge on any atom is 0.418 e. The number of alkyl halides is 3. The SMILES string of the molecule is O=C(C1CC1)N1CC[C@H](Cn2c(-c3ccc(-c4ccccc4)cc3)nc3c(C(F)(F)F)cccc32)C1. The predicted octanol–water partition coefficient (Wildman–Crippen LogP) is 6.65. The van der Waals surface area contributed by atoms with E-state index in [1.807, 2.05) is 64.1 Å². The molecule has 1 saturated heterocycles. The van der Waals surface area contributed by atoms with Gasteiger partial charge in [-0.2, -0.15) is 13.2 Å². The van der Waals surface area contributed by atoms with Crippen LogP contribution in [0.25, 0.3) is 33.5 Å². The number of halogens is 3. The van der Waals surface area contributed by atoms with E-state index in [0.29, 0.717) is 31.0 Å². The van der Waals surface area contributed by atoms with E-state index >= 15 is 0 Å². The molecule has 1 atom stereocenters. The van der Waals surface area contributed by atoms with Crippen molar-refractivity contribution < 1.29 is 18.0 Å². The van der Waals surface area contributed by atoms with E-state index in [9.17, 15) is 18.0 Å². The van der Waals surface area contributed by atoms with Crippen molar-refractivity contribution in [2.45, 2.75) is 32.0 Å². The standard InChI is InChI=1S/C29H26F3N3O/c30-29(31,32)24-7-4-8-25-26(24)33-27(22-11-9-21(10-12-22)20-5-2-1-3-6-20)35(25)18-19-15-16-34(17-19)28(36)23-13-14-23/h1-12,19,23H,13-18H2/t19-/m0/s1. The number of para-hydroxylation sites is 1. The van der Waals surface area contributed by atoms with E-state index in [1.54, 1.807) is 6.07 Å². The molecule has 6 rings (SSSR count). The second kappa shape index (κ2) is 8.80. The number of carbonyl (C=O) groups excluding carboxylic acids is 1. The fraction of sp³-hybridized carbons (Fsp3) is 0.310. The maximum atomic E-state index is 13.8. The van der Waals surface area contributed by atoms with Crippen LogP contribution in [-0.2, 0) is 17.5 Å². The molecule has 2 aliphatic rings. The van der Waals surface area contributed by atoms with E-state index in [4.69, 9.17) is 0 Å². The zero-order chi connectivity index (χ0) is 24.9. The summed E-state index contributed by atoms with van der Waals surface area (Å²) in [4.78, 5) is 19.0. The molecular formula is C29H26F3N3O. The molecule has 1 aromatic heterocycles. The fourth-order valence-electron chi connectivity index (χ4n) is 5.25. The maximum absolute atomic E-state index is 13.8. The van der Waals surface area contributed by atoms with Crippen molar-refractivity contribution in [3.63, 3.8) is 0 Å². The number of nitrogens with zero attached hydrogens (tertiary/aromatic N) is 3. The number of likely N-dealkylation sites (tertiary alicyclic amines) is 1. The summed E-state index contributed by atoms with van der Waals surface area (Å²) in [5.41, 5.74) is 2.59. The molecule has 36 heavy (non-hydrogen) atoms. The van der Waals surface area contributed by atoms with Gasteiger partial charge in [-0.05, 0) is 48.4 Å². The predicted molar refractivity (Wildman–Crippen MR) is 133 cm³/mol. The van der Waals surface area contributed by atoms with Gasteiger partial charge < -0.3 is 9.47 Å². The van der Waals surface area contributed by atoms with Crippen molar-refractivity contribution in [2.75, 3.05) is 13.1 Å². The molecule has 0 N–H and O–H groups in total. The van der Waals surface area contributed by atoms with Gasteiger partial charge in [-0.3, -0.25) is 4.79 Å². The van der Waals surface area contributed by atoms with Crippen molar-refractivity contribution in [3.05, 3.63) is 78.4 Å². The van der Waals surface area contributed by atoms with Gasteiger partial charge in [0.15, 0.2) is 0 Å². The molecule has 184 valence electrons. The lowest BCUT2D eigenvalue weighted by Gasteiger charge is -2.18. The number of hydrogen-bond donors (Lipinski definition) is 0. The summed E-state index contributed by atoms with van der Waals surface area (Å²) in [6.45, 7) is 1.86. The van der Waals surface area contributed by atoms with Gasteiger partial charge >= 0.3 is 6.18 Å². The Bertz CT molecular complexity index is 1410. The number of imidazole rings is 1. The minimum absolute atomic E-state index is 0.0314. The highest BCUT2D eigenvalue weighted by molar-refractivity contribution is 5.84. The number of fused-ring (bicyclic) bond motifs is 1.